The minimum absolute atomic E-state index is 0.0477. The highest BCUT2D eigenvalue weighted by molar-refractivity contribution is 6.21. The number of hydrogen-bond donors (Lipinski definition) is 1. The molecular formula is C22H23N3O3. The van der Waals surface area contributed by atoms with Crippen molar-refractivity contribution in [2.45, 2.75) is 12.3 Å². The molecule has 0 aromatic heterocycles. The number of fused-ring (bicyclic) bond motifs is 1. The average Bonchev–Trinajstić information content (AvgIpc) is 3.27. The molecule has 0 saturated carbocycles. The van der Waals surface area contributed by atoms with E-state index in [1.165, 1.54) is 10.5 Å². The van der Waals surface area contributed by atoms with Crippen LogP contribution in [0, 0.1) is 5.92 Å². The number of nitrogens with two attached hydrogens (primary N) is 1. The molecule has 0 aliphatic carbocycles. The average molecular weight is 377 g/mol. The number of carbonyl (C=O) groups is 3. The van der Waals surface area contributed by atoms with Crippen LogP contribution >= 0.6 is 0 Å². The predicted octanol–water partition coefficient (Wildman–Crippen LogP) is 1.87. The molecule has 0 radical (unpaired) electrons. The van der Waals surface area contributed by atoms with Crippen LogP contribution in [0.15, 0.2) is 54.6 Å². The lowest BCUT2D eigenvalue weighted by atomic mass is 9.89. The molecule has 0 spiro atoms. The second-order valence-corrected chi connectivity index (χ2v) is 7.37. The van der Waals surface area contributed by atoms with Crippen LogP contribution in [0.25, 0.3) is 0 Å². The molecule has 2 heterocycles. The Kier molecular flexibility index (Phi) is 4.96. The number of amides is 3. The highest BCUT2D eigenvalue weighted by Crippen LogP contribution is 2.32. The summed E-state index contributed by atoms with van der Waals surface area (Å²) in [5.41, 5.74) is 7.96. The number of carbonyl (C=O) groups excluding carboxylic acids is 3. The van der Waals surface area contributed by atoms with Crippen LogP contribution in [-0.2, 0) is 4.79 Å². The third kappa shape index (κ3) is 3.20. The van der Waals surface area contributed by atoms with E-state index in [0.717, 1.165) is 0 Å². The molecule has 2 N–H and O–H groups in total. The fourth-order valence-electron chi connectivity index (χ4n) is 4.20. The Hall–Kier alpha value is -2.99. The maximum absolute atomic E-state index is 12.8. The van der Waals surface area contributed by atoms with Gasteiger partial charge in [-0.3, -0.25) is 19.3 Å². The lowest BCUT2D eigenvalue weighted by Crippen LogP contribution is -2.36. The van der Waals surface area contributed by atoms with Crippen molar-refractivity contribution < 1.29 is 14.4 Å². The van der Waals surface area contributed by atoms with Gasteiger partial charge in [0.15, 0.2) is 0 Å². The van der Waals surface area contributed by atoms with Gasteiger partial charge in [-0.25, -0.2) is 0 Å². The lowest BCUT2D eigenvalue weighted by molar-refractivity contribution is -0.130. The molecule has 2 aliphatic rings. The van der Waals surface area contributed by atoms with Crippen LogP contribution < -0.4 is 5.73 Å². The van der Waals surface area contributed by atoms with E-state index in [9.17, 15) is 14.4 Å². The number of likely N-dealkylation sites (tertiary alicyclic amines) is 1. The summed E-state index contributed by atoms with van der Waals surface area (Å²) in [5.74, 6) is -0.262. The van der Waals surface area contributed by atoms with E-state index >= 15 is 0 Å². The Labute approximate surface area is 163 Å². The van der Waals surface area contributed by atoms with Gasteiger partial charge < -0.3 is 10.6 Å². The van der Waals surface area contributed by atoms with E-state index in [4.69, 9.17) is 5.73 Å². The zero-order chi connectivity index (χ0) is 19.7. The molecule has 2 atom stereocenters. The first-order valence-electron chi connectivity index (χ1n) is 9.58. The summed E-state index contributed by atoms with van der Waals surface area (Å²) < 4.78 is 0. The van der Waals surface area contributed by atoms with Crippen molar-refractivity contribution in [1.82, 2.24) is 9.80 Å². The van der Waals surface area contributed by atoms with Crippen LogP contribution in [-0.4, -0.2) is 53.7 Å². The van der Waals surface area contributed by atoms with Crippen LogP contribution in [0.2, 0.25) is 0 Å². The minimum atomic E-state index is -0.322. The molecule has 1 saturated heterocycles. The van der Waals surface area contributed by atoms with Crippen molar-refractivity contribution in [2.24, 2.45) is 11.7 Å². The van der Waals surface area contributed by atoms with Crippen LogP contribution in [0.5, 0.6) is 0 Å². The molecule has 3 amide bonds. The molecule has 144 valence electrons. The van der Waals surface area contributed by atoms with Gasteiger partial charge in [0.25, 0.3) is 11.8 Å². The normalized spacial score (nSPS) is 21.3. The third-order valence-corrected chi connectivity index (χ3v) is 5.75. The van der Waals surface area contributed by atoms with Crippen LogP contribution in [0.1, 0.15) is 38.6 Å². The largest absolute Gasteiger partial charge is 0.342 e. The summed E-state index contributed by atoms with van der Waals surface area (Å²) in [6.45, 7) is 1.84. The third-order valence-electron chi connectivity index (χ3n) is 5.75. The molecule has 0 unspecified atom stereocenters. The standard InChI is InChI=1S/C22H23N3O3/c23-12-16-13-24(14-19(16)15-6-2-1-3-7-15)20(26)10-11-25-21(27)17-8-4-5-9-18(17)22(25)28/h1-9,16,19H,10-14,23H2/t16-,19+/m1/s1. The van der Waals surface area contributed by atoms with E-state index < -0.39 is 0 Å². The monoisotopic (exact) mass is 377 g/mol. The van der Waals surface area contributed by atoms with E-state index in [2.05, 4.69) is 12.1 Å². The molecule has 28 heavy (non-hydrogen) atoms. The van der Waals surface area contributed by atoms with E-state index in [-0.39, 0.29) is 42.5 Å². The number of nitrogens with zero attached hydrogens (tertiary/aromatic N) is 2. The lowest BCUT2D eigenvalue weighted by Gasteiger charge is -2.19. The first kappa shape index (κ1) is 18.4. The summed E-state index contributed by atoms with van der Waals surface area (Å²) in [6.07, 6.45) is 0.129. The van der Waals surface area contributed by atoms with Gasteiger partial charge in [-0.05, 0) is 30.2 Å². The second-order valence-electron chi connectivity index (χ2n) is 7.37. The molecule has 6 heteroatoms. The molecule has 2 aromatic carbocycles. The van der Waals surface area contributed by atoms with Crippen LogP contribution in [0.4, 0.5) is 0 Å². The highest BCUT2D eigenvalue weighted by Gasteiger charge is 2.37. The summed E-state index contributed by atoms with van der Waals surface area (Å²) in [6, 6.07) is 16.9. The van der Waals surface area contributed by atoms with Gasteiger partial charge in [0.2, 0.25) is 5.91 Å². The van der Waals surface area contributed by atoms with Gasteiger partial charge in [0.1, 0.15) is 0 Å². The molecular weight excluding hydrogens is 354 g/mol. The highest BCUT2D eigenvalue weighted by atomic mass is 16.2. The topological polar surface area (TPSA) is 83.7 Å². The van der Waals surface area contributed by atoms with Gasteiger partial charge in [-0.2, -0.15) is 0 Å². The van der Waals surface area contributed by atoms with Crippen molar-refractivity contribution >= 4 is 17.7 Å². The molecule has 6 nitrogen and oxygen atoms in total. The van der Waals surface area contributed by atoms with Crippen LogP contribution in [0.3, 0.4) is 0 Å². The quantitative estimate of drug-likeness (QED) is 0.807. The SMILES string of the molecule is NC[C@@H]1CN(C(=O)CCN2C(=O)c3ccccc3C2=O)C[C@H]1c1ccccc1. The maximum Gasteiger partial charge on any atom is 0.261 e. The maximum atomic E-state index is 12.8. The molecule has 2 aromatic rings. The zero-order valence-corrected chi connectivity index (χ0v) is 15.6. The van der Waals surface area contributed by atoms with E-state index in [1.807, 2.05) is 23.1 Å². The number of benzene rings is 2. The fourth-order valence-corrected chi connectivity index (χ4v) is 4.20. The summed E-state index contributed by atoms with van der Waals surface area (Å²) in [7, 11) is 0. The number of hydrogen-bond acceptors (Lipinski definition) is 4. The summed E-state index contributed by atoms with van der Waals surface area (Å²) >= 11 is 0. The smallest absolute Gasteiger partial charge is 0.261 e. The molecule has 2 aliphatic heterocycles. The molecule has 1 fully saturated rings. The van der Waals surface area contributed by atoms with Crippen molar-refractivity contribution in [3.05, 3.63) is 71.3 Å². The molecule has 4 rings (SSSR count). The van der Waals surface area contributed by atoms with Crippen molar-refractivity contribution in [3.8, 4) is 0 Å². The van der Waals surface area contributed by atoms with Crippen molar-refractivity contribution in [3.63, 3.8) is 0 Å². The predicted molar refractivity (Wildman–Crippen MR) is 105 cm³/mol. The Morgan fingerprint density at radius 2 is 1.54 bits per heavy atom. The first-order valence-corrected chi connectivity index (χ1v) is 9.58. The summed E-state index contributed by atoms with van der Waals surface area (Å²) in [4.78, 5) is 40.6. The van der Waals surface area contributed by atoms with E-state index in [0.29, 0.717) is 30.8 Å². The Morgan fingerprint density at radius 3 is 2.14 bits per heavy atom. The Morgan fingerprint density at radius 1 is 0.929 bits per heavy atom. The van der Waals surface area contributed by atoms with Gasteiger partial charge in [0, 0.05) is 32.0 Å². The molecule has 0 bridgehead atoms. The zero-order valence-electron chi connectivity index (χ0n) is 15.6. The number of imide groups is 1. The minimum Gasteiger partial charge on any atom is -0.342 e. The Bertz CT molecular complexity index is 877. The van der Waals surface area contributed by atoms with Gasteiger partial charge >= 0.3 is 0 Å². The van der Waals surface area contributed by atoms with Gasteiger partial charge in [-0.1, -0.05) is 42.5 Å². The fraction of sp³-hybridized carbons (Fsp3) is 0.318. The van der Waals surface area contributed by atoms with E-state index in [1.54, 1.807) is 24.3 Å². The van der Waals surface area contributed by atoms with Gasteiger partial charge in [-0.15, -0.1) is 0 Å². The van der Waals surface area contributed by atoms with Crippen molar-refractivity contribution in [1.29, 1.82) is 0 Å². The Balaban J connectivity index is 1.40. The van der Waals surface area contributed by atoms with Crippen molar-refractivity contribution in [2.75, 3.05) is 26.2 Å². The first-order chi connectivity index (χ1) is 13.6. The second kappa shape index (κ2) is 7.56. The summed E-state index contributed by atoms with van der Waals surface area (Å²) in [5, 5.41) is 0. The number of rotatable bonds is 5. The van der Waals surface area contributed by atoms with Gasteiger partial charge in [0.05, 0.1) is 11.1 Å².